The van der Waals surface area contributed by atoms with E-state index in [4.69, 9.17) is 0 Å². The van der Waals surface area contributed by atoms with E-state index in [0.29, 0.717) is 12.2 Å². The molecule has 0 bridgehead atoms. The fourth-order valence-corrected chi connectivity index (χ4v) is 2.31. The van der Waals surface area contributed by atoms with Crippen molar-refractivity contribution in [3.8, 4) is 0 Å². The number of aryl methyl sites for hydroxylation is 2. The van der Waals surface area contributed by atoms with Gasteiger partial charge in [-0.05, 0) is 49.2 Å². The predicted molar refractivity (Wildman–Crippen MR) is 89.1 cm³/mol. The molecule has 0 fully saturated rings. The van der Waals surface area contributed by atoms with Crippen molar-refractivity contribution in [3.63, 3.8) is 0 Å². The Morgan fingerprint density at radius 2 is 1.58 bits per heavy atom. The maximum atomic E-state index is 12.5. The molecule has 0 radical (unpaired) electrons. The van der Waals surface area contributed by atoms with E-state index in [1.165, 1.54) is 12.1 Å². The molecule has 2 N–H and O–H groups in total. The minimum Gasteiger partial charge on any atom is -0.385 e. The van der Waals surface area contributed by atoms with Crippen molar-refractivity contribution in [1.29, 1.82) is 0 Å². The smallest absolute Gasteiger partial charge is 0.385 e. The minimum atomic E-state index is -4.34. The Balaban J connectivity index is 1.85. The third kappa shape index (κ3) is 4.75. The van der Waals surface area contributed by atoms with Gasteiger partial charge in [0.1, 0.15) is 0 Å². The van der Waals surface area contributed by atoms with Crippen LogP contribution in [0.3, 0.4) is 0 Å². The summed E-state index contributed by atoms with van der Waals surface area (Å²) >= 11 is 0. The van der Waals surface area contributed by atoms with Crippen molar-refractivity contribution < 1.29 is 18.0 Å². The molecule has 0 unspecified atom stereocenters. The molecule has 3 nitrogen and oxygen atoms in total. The number of halogens is 3. The van der Waals surface area contributed by atoms with Crippen molar-refractivity contribution in [1.82, 2.24) is 0 Å². The number of carbonyl (C=O) groups excluding carboxylic acids is 1. The van der Waals surface area contributed by atoms with Gasteiger partial charge in [-0.2, -0.15) is 13.2 Å². The highest BCUT2D eigenvalue weighted by Crippen LogP contribution is 2.29. The van der Waals surface area contributed by atoms with Crippen LogP contribution >= 0.6 is 0 Å². The zero-order chi connectivity index (χ0) is 17.7. The summed E-state index contributed by atoms with van der Waals surface area (Å²) in [5.74, 6) is -0.146. The van der Waals surface area contributed by atoms with Crippen molar-refractivity contribution in [2.75, 3.05) is 17.2 Å². The van der Waals surface area contributed by atoms with Gasteiger partial charge >= 0.3 is 6.18 Å². The zero-order valence-corrected chi connectivity index (χ0v) is 13.5. The summed E-state index contributed by atoms with van der Waals surface area (Å²) in [5.41, 5.74) is 2.62. The molecule has 0 saturated heterocycles. The molecule has 0 aromatic heterocycles. The van der Waals surface area contributed by atoms with E-state index in [9.17, 15) is 18.0 Å². The Labute approximate surface area is 138 Å². The molecule has 0 saturated carbocycles. The van der Waals surface area contributed by atoms with Gasteiger partial charge in [-0.1, -0.05) is 18.2 Å². The molecule has 0 atom stereocenters. The number of benzene rings is 2. The Bertz CT molecular complexity index is 689. The lowest BCUT2D eigenvalue weighted by atomic mass is 10.1. The molecule has 6 heteroatoms. The number of para-hydroxylation sites is 1. The van der Waals surface area contributed by atoms with Crippen LogP contribution in [0, 0.1) is 13.8 Å². The van der Waals surface area contributed by atoms with Crippen molar-refractivity contribution in [2.45, 2.75) is 26.4 Å². The van der Waals surface area contributed by atoms with Gasteiger partial charge in [-0.15, -0.1) is 0 Å². The monoisotopic (exact) mass is 336 g/mol. The van der Waals surface area contributed by atoms with Crippen LogP contribution in [-0.4, -0.2) is 12.5 Å². The van der Waals surface area contributed by atoms with Crippen LogP contribution < -0.4 is 10.6 Å². The summed E-state index contributed by atoms with van der Waals surface area (Å²) in [4.78, 5) is 12.0. The van der Waals surface area contributed by atoms with E-state index in [1.54, 1.807) is 0 Å². The molecule has 2 aromatic carbocycles. The molecule has 0 spiro atoms. The summed E-state index contributed by atoms with van der Waals surface area (Å²) < 4.78 is 37.4. The van der Waals surface area contributed by atoms with Gasteiger partial charge in [0.15, 0.2) is 0 Å². The Morgan fingerprint density at radius 3 is 2.12 bits per heavy atom. The maximum Gasteiger partial charge on any atom is 0.416 e. The first-order valence-corrected chi connectivity index (χ1v) is 7.54. The van der Waals surface area contributed by atoms with Crippen LogP contribution in [0.1, 0.15) is 23.1 Å². The summed E-state index contributed by atoms with van der Waals surface area (Å²) in [5, 5.41) is 5.81. The molecule has 0 aliphatic carbocycles. The average Bonchev–Trinajstić information content (AvgIpc) is 2.51. The van der Waals surface area contributed by atoms with E-state index in [0.717, 1.165) is 28.9 Å². The van der Waals surface area contributed by atoms with Crippen molar-refractivity contribution in [3.05, 3.63) is 59.2 Å². The number of hydrogen-bond acceptors (Lipinski definition) is 2. The maximum absolute atomic E-state index is 12.5. The van der Waals surface area contributed by atoms with Crippen LogP contribution in [0.4, 0.5) is 24.5 Å². The van der Waals surface area contributed by atoms with Crippen LogP contribution in [0.25, 0.3) is 0 Å². The summed E-state index contributed by atoms with van der Waals surface area (Å²) in [6.07, 6.45) is -4.13. The van der Waals surface area contributed by atoms with E-state index < -0.39 is 11.7 Å². The Hall–Kier alpha value is -2.50. The van der Waals surface area contributed by atoms with Gasteiger partial charge in [0.25, 0.3) is 0 Å². The molecule has 2 rings (SSSR count). The molecular weight excluding hydrogens is 317 g/mol. The summed E-state index contributed by atoms with van der Waals surface area (Å²) in [6, 6.07) is 10.5. The normalized spacial score (nSPS) is 11.2. The highest BCUT2D eigenvalue weighted by atomic mass is 19.4. The lowest BCUT2D eigenvalue weighted by Crippen LogP contribution is -2.17. The number of hydrogen-bond donors (Lipinski definition) is 2. The SMILES string of the molecule is Cc1cccc(C)c1NC(=O)CCNc1ccc(C(F)(F)F)cc1. The number of nitrogens with one attached hydrogen (secondary N) is 2. The number of alkyl halides is 3. The quantitative estimate of drug-likeness (QED) is 0.826. The first-order chi connectivity index (χ1) is 11.3. The van der Waals surface area contributed by atoms with Crippen molar-refractivity contribution >= 4 is 17.3 Å². The minimum absolute atomic E-state index is 0.146. The van der Waals surface area contributed by atoms with E-state index in [1.807, 2.05) is 32.0 Å². The standard InChI is InChI=1S/C18H19F3N2O/c1-12-4-3-5-13(2)17(12)23-16(24)10-11-22-15-8-6-14(7-9-15)18(19,20)21/h3-9,22H,10-11H2,1-2H3,(H,23,24). The van der Waals surface area contributed by atoms with Crippen LogP contribution in [0.5, 0.6) is 0 Å². The van der Waals surface area contributed by atoms with Crippen LogP contribution in [-0.2, 0) is 11.0 Å². The molecule has 0 aliphatic rings. The van der Waals surface area contributed by atoms with Gasteiger partial charge in [-0.25, -0.2) is 0 Å². The van der Waals surface area contributed by atoms with E-state index in [-0.39, 0.29) is 12.3 Å². The van der Waals surface area contributed by atoms with E-state index in [2.05, 4.69) is 10.6 Å². The molecule has 0 heterocycles. The van der Waals surface area contributed by atoms with Crippen molar-refractivity contribution in [2.24, 2.45) is 0 Å². The second kappa shape index (κ2) is 7.38. The highest BCUT2D eigenvalue weighted by Gasteiger charge is 2.29. The average molecular weight is 336 g/mol. The Morgan fingerprint density at radius 1 is 1.00 bits per heavy atom. The molecular formula is C18H19F3N2O. The number of carbonyl (C=O) groups is 1. The summed E-state index contributed by atoms with van der Waals surface area (Å²) in [6.45, 7) is 4.17. The Kier molecular flexibility index (Phi) is 5.49. The lowest BCUT2D eigenvalue weighted by molar-refractivity contribution is -0.137. The molecule has 0 aliphatic heterocycles. The third-order valence-electron chi connectivity index (χ3n) is 3.64. The second-order valence-corrected chi connectivity index (χ2v) is 5.57. The molecule has 2 aromatic rings. The topological polar surface area (TPSA) is 41.1 Å². The molecule has 128 valence electrons. The first-order valence-electron chi connectivity index (χ1n) is 7.54. The highest BCUT2D eigenvalue weighted by molar-refractivity contribution is 5.92. The fraction of sp³-hybridized carbons (Fsp3) is 0.278. The molecule has 24 heavy (non-hydrogen) atoms. The van der Waals surface area contributed by atoms with Gasteiger partial charge in [0, 0.05) is 24.3 Å². The number of amides is 1. The fourth-order valence-electron chi connectivity index (χ4n) is 2.31. The van der Waals surface area contributed by atoms with Crippen LogP contribution in [0.2, 0.25) is 0 Å². The number of rotatable bonds is 5. The predicted octanol–water partition coefficient (Wildman–Crippen LogP) is 4.76. The second-order valence-electron chi connectivity index (χ2n) is 5.57. The molecule has 1 amide bonds. The van der Waals surface area contributed by atoms with E-state index >= 15 is 0 Å². The van der Waals surface area contributed by atoms with Gasteiger partial charge in [0.05, 0.1) is 5.56 Å². The first kappa shape index (κ1) is 17.8. The van der Waals surface area contributed by atoms with Crippen LogP contribution in [0.15, 0.2) is 42.5 Å². The zero-order valence-electron chi connectivity index (χ0n) is 13.5. The summed E-state index contributed by atoms with van der Waals surface area (Å²) in [7, 11) is 0. The van der Waals surface area contributed by atoms with Gasteiger partial charge in [-0.3, -0.25) is 4.79 Å². The third-order valence-corrected chi connectivity index (χ3v) is 3.64. The van der Waals surface area contributed by atoms with Gasteiger partial charge < -0.3 is 10.6 Å². The number of anilines is 2. The largest absolute Gasteiger partial charge is 0.416 e. The van der Waals surface area contributed by atoms with Gasteiger partial charge in [0.2, 0.25) is 5.91 Å². The lowest BCUT2D eigenvalue weighted by Gasteiger charge is -2.12.